The number of ether oxygens (including phenoxy) is 4. The molecule has 3 atom stereocenters. The Balaban J connectivity index is 1.63. The molecule has 1 spiro atoms. The molecular weight excluding hydrogens is 220 g/mol. The van der Waals surface area contributed by atoms with Crippen molar-refractivity contribution in [3.05, 3.63) is 0 Å². The Morgan fingerprint density at radius 2 is 2.00 bits per heavy atom. The maximum atomic E-state index is 6.00. The van der Waals surface area contributed by atoms with Crippen LogP contribution in [0.15, 0.2) is 0 Å². The van der Waals surface area contributed by atoms with E-state index >= 15 is 0 Å². The summed E-state index contributed by atoms with van der Waals surface area (Å²) >= 11 is 0. The molecule has 0 aromatic heterocycles. The van der Waals surface area contributed by atoms with Gasteiger partial charge in [-0.2, -0.15) is 0 Å². The van der Waals surface area contributed by atoms with E-state index in [0.717, 1.165) is 19.3 Å². The van der Waals surface area contributed by atoms with Crippen LogP contribution < -0.4 is 0 Å². The monoisotopic (exact) mass is 242 g/mol. The van der Waals surface area contributed by atoms with E-state index < -0.39 is 5.97 Å². The molecule has 3 aliphatic heterocycles. The topological polar surface area (TPSA) is 36.9 Å². The van der Waals surface area contributed by atoms with Crippen LogP contribution in [0.25, 0.3) is 0 Å². The molecule has 17 heavy (non-hydrogen) atoms. The van der Waals surface area contributed by atoms with Gasteiger partial charge < -0.3 is 18.9 Å². The molecule has 0 amide bonds. The van der Waals surface area contributed by atoms with E-state index in [9.17, 15) is 0 Å². The van der Waals surface area contributed by atoms with Crippen molar-refractivity contribution in [2.75, 3.05) is 19.8 Å². The van der Waals surface area contributed by atoms with Gasteiger partial charge in [-0.25, -0.2) is 0 Å². The van der Waals surface area contributed by atoms with Crippen LogP contribution in [0, 0.1) is 11.8 Å². The highest BCUT2D eigenvalue weighted by Gasteiger charge is 2.51. The number of rotatable bonds is 2. The molecule has 3 rings (SSSR count). The van der Waals surface area contributed by atoms with Gasteiger partial charge in [0.15, 0.2) is 0 Å². The largest absolute Gasteiger partial charge is 0.375 e. The van der Waals surface area contributed by atoms with Crippen molar-refractivity contribution in [3.8, 4) is 0 Å². The van der Waals surface area contributed by atoms with Gasteiger partial charge in [0.2, 0.25) is 0 Å². The van der Waals surface area contributed by atoms with Gasteiger partial charge in [-0.15, -0.1) is 0 Å². The lowest BCUT2D eigenvalue weighted by Gasteiger charge is -2.38. The van der Waals surface area contributed by atoms with Crippen molar-refractivity contribution in [3.63, 3.8) is 0 Å². The Morgan fingerprint density at radius 3 is 2.71 bits per heavy atom. The average molecular weight is 242 g/mol. The minimum absolute atomic E-state index is 0.158. The van der Waals surface area contributed by atoms with Gasteiger partial charge in [0.25, 0.3) is 5.97 Å². The molecule has 0 radical (unpaired) electrons. The van der Waals surface area contributed by atoms with Crippen LogP contribution in [0.5, 0.6) is 0 Å². The molecular formula is C13H22O4. The van der Waals surface area contributed by atoms with Crippen molar-refractivity contribution in [1.29, 1.82) is 0 Å². The first-order valence-corrected chi connectivity index (χ1v) is 6.76. The van der Waals surface area contributed by atoms with Gasteiger partial charge in [-0.3, -0.25) is 0 Å². The maximum Gasteiger partial charge on any atom is 0.283 e. The van der Waals surface area contributed by atoms with Crippen molar-refractivity contribution >= 4 is 0 Å². The molecule has 0 N–H and O–H groups in total. The fourth-order valence-electron chi connectivity index (χ4n) is 3.19. The van der Waals surface area contributed by atoms with Gasteiger partial charge in [0, 0.05) is 12.3 Å². The Kier molecular flexibility index (Phi) is 3.15. The molecule has 3 saturated heterocycles. The number of hydrogen-bond donors (Lipinski definition) is 0. The first-order valence-electron chi connectivity index (χ1n) is 6.76. The predicted molar refractivity (Wildman–Crippen MR) is 61.4 cm³/mol. The number of fused-ring (bicyclic) bond motifs is 1. The molecule has 3 aliphatic rings. The van der Waals surface area contributed by atoms with E-state index in [4.69, 9.17) is 18.9 Å². The normalized spacial score (nSPS) is 40.1. The smallest absolute Gasteiger partial charge is 0.283 e. The van der Waals surface area contributed by atoms with Crippen LogP contribution in [0.4, 0.5) is 0 Å². The lowest BCUT2D eigenvalue weighted by molar-refractivity contribution is -0.368. The van der Waals surface area contributed by atoms with Gasteiger partial charge in [-0.1, -0.05) is 13.8 Å². The molecule has 0 bridgehead atoms. The van der Waals surface area contributed by atoms with Crippen molar-refractivity contribution in [2.45, 2.75) is 51.3 Å². The second-order valence-corrected chi connectivity index (χ2v) is 5.74. The summed E-state index contributed by atoms with van der Waals surface area (Å²) in [4.78, 5) is 0. The van der Waals surface area contributed by atoms with Gasteiger partial charge >= 0.3 is 0 Å². The summed E-state index contributed by atoms with van der Waals surface area (Å²) < 4.78 is 23.1. The highest BCUT2D eigenvalue weighted by Crippen LogP contribution is 2.42. The second kappa shape index (κ2) is 4.50. The van der Waals surface area contributed by atoms with Crippen LogP contribution in [-0.2, 0) is 18.9 Å². The highest BCUT2D eigenvalue weighted by atomic mass is 16.9. The molecule has 0 aliphatic carbocycles. The van der Waals surface area contributed by atoms with E-state index in [1.165, 1.54) is 0 Å². The third-order valence-electron chi connectivity index (χ3n) is 3.98. The third-order valence-corrected chi connectivity index (χ3v) is 3.98. The van der Waals surface area contributed by atoms with E-state index in [2.05, 4.69) is 13.8 Å². The molecule has 3 heterocycles. The summed E-state index contributed by atoms with van der Waals surface area (Å²) in [5.74, 6) is 0.460. The van der Waals surface area contributed by atoms with Gasteiger partial charge in [0.1, 0.15) is 0 Å². The minimum Gasteiger partial charge on any atom is -0.375 e. The van der Waals surface area contributed by atoms with E-state index in [-0.39, 0.29) is 6.10 Å². The van der Waals surface area contributed by atoms with E-state index in [1.807, 2.05) is 0 Å². The van der Waals surface area contributed by atoms with E-state index in [1.54, 1.807) is 0 Å². The Hall–Kier alpha value is -0.160. The summed E-state index contributed by atoms with van der Waals surface area (Å²) in [6, 6.07) is 0. The molecule has 0 aromatic rings. The van der Waals surface area contributed by atoms with Crippen LogP contribution >= 0.6 is 0 Å². The maximum absolute atomic E-state index is 6.00. The fraction of sp³-hybridized carbons (Fsp3) is 1.00. The lowest BCUT2D eigenvalue weighted by atomic mass is 9.86. The zero-order valence-corrected chi connectivity index (χ0v) is 10.7. The summed E-state index contributed by atoms with van der Waals surface area (Å²) in [5.41, 5.74) is 0. The molecule has 4 heteroatoms. The van der Waals surface area contributed by atoms with Crippen molar-refractivity contribution in [1.82, 2.24) is 0 Å². The minimum atomic E-state index is -0.739. The average Bonchev–Trinajstić information content (AvgIpc) is 2.87. The zero-order valence-electron chi connectivity index (χ0n) is 10.7. The highest BCUT2D eigenvalue weighted by molar-refractivity contribution is 4.90. The van der Waals surface area contributed by atoms with Crippen molar-refractivity contribution in [2.24, 2.45) is 11.8 Å². The van der Waals surface area contributed by atoms with E-state index in [0.29, 0.717) is 37.8 Å². The Bertz CT molecular complexity index is 273. The SMILES string of the molecule is CC(C)CC1OCC2OC3(CCC12)OCCO3. The van der Waals surface area contributed by atoms with Crippen LogP contribution in [0.1, 0.15) is 33.1 Å². The van der Waals surface area contributed by atoms with Gasteiger partial charge in [0.05, 0.1) is 32.0 Å². The first-order chi connectivity index (χ1) is 8.19. The fourth-order valence-corrected chi connectivity index (χ4v) is 3.19. The summed E-state index contributed by atoms with van der Waals surface area (Å²) in [6.45, 7) is 6.47. The van der Waals surface area contributed by atoms with Crippen LogP contribution in [0.2, 0.25) is 0 Å². The predicted octanol–water partition coefficient (Wildman–Crippen LogP) is 1.93. The quantitative estimate of drug-likeness (QED) is 0.741. The van der Waals surface area contributed by atoms with Crippen LogP contribution in [0.3, 0.4) is 0 Å². The molecule has 98 valence electrons. The standard InChI is InChI=1S/C13H22O4/c1-9(2)7-11-10-3-4-13(15-5-6-16-13)17-12(10)8-14-11/h9-12H,3-8H2,1-2H3. The lowest BCUT2D eigenvalue weighted by Crippen LogP contribution is -2.46. The first kappa shape index (κ1) is 11.9. The molecule has 3 unspecified atom stereocenters. The Labute approximate surface area is 103 Å². The van der Waals surface area contributed by atoms with Gasteiger partial charge in [-0.05, 0) is 18.8 Å². The number of hydrogen-bond acceptors (Lipinski definition) is 4. The molecule has 0 saturated carbocycles. The summed E-state index contributed by atoms with van der Waals surface area (Å²) in [6.07, 6.45) is 3.57. The molecule has 0 aromatic carbocycles. The van der Waals surface area contributed by atoms with Crippen LogP contribution in [-0.4, -0.2) is 38.0 Å². The van der Waals surface area contributed by atoms with Crippen molar-refractivity contribution < 1.29 is 18.9 Å². The molecule has 3 fully saturated rings. The summed E-state index contributed by atoms with van der Waals surface area (Å²) in [7, 11) is 0. The molecule has 4 nitrogen and oxygen atoms in total. The second-order valence-electron chi connectivity index (χ2n) is 5.74. The summed E-state index contributed by atoms with van der Waals surface area (Å²) in [5, 5.41) is 0. The Morgan fingerprint density at radius 1 is 1.24 bits per heavy atom. The third kappa shape index (κ3) is 2.24. The zero-order chi connectivity index (χ0) is 11.9.